The van der Waals surface area contributed by atoms with Crippen molar-refractivity contribution < 1.29 is 14.6 Å². The summed E-state index contributed by atoms with van der Waals surface area (Å²) in [6.45, 7) is 9.97. The zero-order chi connectivity index (χ0) is 13.9. The van der Waals surface area contributed by atoms with E-state index in [0.29, 0.717) is 6.54 Å². The average Bonchev–Trinajstić information content (AvgIpc) is 2.24. The van der Waals surface area contributed by atoms with Crippen LogP contribution in [0.4, 0.5) is 0 Å². The lowest BCUT2D eigenvalue weighted by molar-refractivity contribution is -0.134. The topological polar surface area (TPSA) is 58.6 Å². The van der Waals surface area contributed by atoms with E-state index in [1.54, 1.807) is 6.92 Å². The van der Waals surface area contributed by atoms with Crippen LogP contribution in [-0.4, -0.2) is 35.4 Å². The molecule has 0 saturated carbocycles. The smallest absolute Gasteiger partial charge is 0.223 e. The van der Waals surface area contributed by atoms with Gasteiger partial charge in [0.15, 0.2) is 0 Å². The van der Waals surface area contributed by atoms with Gasteiger partial charge in [-0.15, -0.1) is 0 Å². The van der Waals surface area contributed by atoms with Crippen LogP contribution < -0.4 is 5.32 Å². The van der Waals surface area contributed by atoms with Crippen molar-refractivity contribution in [1.82, 2.24) is 5.32 Å². The van der Waals surface area contributed by atoms with Gasteiger partial charge in [0.1, 0.15) is 0 Å². The number of amides is 1. The SMILES string of the molecule is CC1CC(C(=O)NCC(C)(O)C(C)C)CC(C)O1. The molecule has 4 nitrogen and oxygen atoms in total. The third-order valence-corrected chi connectivity index (χ3v) is 3.93. The van der Waals surface area contributed by atoms with E-state index in [1.165, 1.54) is 0 Å². The zero-order valence-electron chi connectivity index (χ0n) is 12.2. The molecule has 0 spiro atoms. The molecule has 0 aromatic carbocycles. The van der Waals surface area contributed by atoms with E-state index in [9.17, 15) is 9.90 Å². The highest BCUT2D eigenvalue weighted by atomic mass is 16.5. The van der Waals surface area contributed by atoms with Crippen LogP contribution >= 0.6 is 0 Å². The summed E-state index contributed by atoms with van der Waals surface area (Å²) in [4.78, 5) is 12.1. The van der Waals surface area contributed by atoms with E-state index >= 15 is 0 Å². The van der Waals surface area contributed by atoms with Gasteiger partial charge >= 0.3 is 0 Å². The molecule has 1 aliphatic heterocycles. The summed E-state index contributed by atoms with van der Waals surface area (Å²) in [5, 5.41) is 13.0. The number of rotatable bonds is 4. The molecular formula is C14H27NO3. The first-order chi connectivity index (χ1) is 8.22. The maximum absolute atomic E-state index is 12.1. The Morgan fingerprint density at radius 2 is 1.89 bits per heavy atom. The van der Waals surface area contributed by atoms with Gasteiger partial charge in [-0.1, -0.05) is 13.8 Å². The predicted molar refractivity (Wildman–Crippen MR) is 71.2 cm³/mol. The molecule has 3 atom stereocenters. The second-order valence-corrected chi connectivity index (χ2v) is 6.16. The molecule has 106 valence electrons. The van der Waals surface area contributed by atoms with Crippen molar-refractivity contribution in [1.29, 1.82) is 0 Å². The number of nitrogens with one attached hydrogen (secondary N) is 1. The van der Waals surface area contributed by atoms with Gasteiger partial charge in [-0.25, -0.2) is 0 Å². The van der Waals surface area contributed by atoms with Crippen LogP contribution in [-0.2, 0) is 9.53 Å². The largest absolute Gasteiger partial charge is 0.388 e. The van der Waals surface area contributed by atoms with Gasteiger partial charge in [0.05, 0.1) is 17.8 Å². The maximum atomic E-state index is 12.1. The highest BCUT2D eigenvalue weighted by Crippen LogP contribution is 2.25. The molecule has 1 amide bonds. The number of carbonyl (C=O) groups is 1. The van der Waals surface area contributed by atoms with Crippen molar-refractivity contribution in [2.75, 3.05) is 6.54 Å². The Bertz CT molecular complexity index is 279. The first-order valence-electron chi connectivity index (χ1n) is 6.88. The molecule has 0 radical (unpaired) electrons. The van der Waals surface area contributed by atoms with Gasteiger partial charge < -0.3 is 15.2 Å². The third-order valence-electron chi connectivity index (χ3n) is 3.93. The quantitative estimate of drug-likeness (QED) is 0.806. The number of hydrogen-bond acceptors (Lipinski definition) is 3. The molecule has 0 aromatic rings. The van der Waals surface area contributed by atoms with Crippen LogP contribution in [0, 0.1) is 11.8 Å². The Balaban J connectivity index is 2.46. The minimum Gasteiger partial charge on any atom is -0.388 e. The summed E-state index contributed by atoms with van der Waals surface area (Å²) in [5.41, 5.74) is -0.849. The molecule has 1 aliphatic rings. The fraction of sp³-hybridized carbons (Fsp3) is 0.929. The fourth-order valence-electron chi connectivity index (χ4n) is 2.23. The molecule has 3 unspecified atom stereocenters. The highest BCUT2D eigenvalue weighted by Gasteiger charge is 2.31. The summed E-state index contributed by atoms with van der Waals surface area (Å²) < 4.78 is 5.62. The van der Waals surface area contributed by atoms with E-state index in [1.807, 2.05) is 27.7 Å². The first kappa shape index (κ1) is 15.4. The first-order valence-corrected chi connectivity index (χ1v) is 6.88. The predicted octanol–water partition coefficient (Wildman–Crippen LogP) is 1.71. The van der Waals surface area contributed by atoms with E-state index < -0.39 is 5.60 Å². The zero-order valence-corrected chi connectivity index (χ0v) is 12.2. The fourth-order valence-corrected chi connectivity index (χ4v) is 2.23. The number of hydrogen-bond donors (Lipinski definition) is 2. The summed E-state index contributed by atoms with van der Waals surface area (Å²) in [6, 6.07) is 0. The normalized spacial score (nSPS) is 32.1. The van der Waals surface area contributed by atoms with Crippen molar-refractivity contribution in [3.63, 3.8) is 0 Å². The summed E-state index contributed by atoms with van der Waals surface area (Å²) in [7, 11) is 0. The standard InChI is InChI=1S/C14H27NO3/c1-9(2)14(5,17)8-15-13(16)12-6-10(3)18-11(4)7-12/h9-12,17H,6-8H2,1-5H3,(H,15,16). The van der Waals surface area contributed by atoms with E-state index in [0.717, 1.165) is 12.8 Å². The van der Waals surface area contributed by atoms with Crippen molar-refractivity contribution in [3.8, 4) is 0 Å². The number of ether oxygens (including phenoxy) is 1. The lowest BCUT2D eigenvalue weighted by Crippen LogP contribution is -2.47. The molecule has 1 heterocycles. The van der Waals surface area contributed by atoms with Gasteiger partial charge in [-0.05, 0) is 39.5 Å². The summed E-state index contributed by atoms with van der Waals surface area (Å²) >= 11 is 0. The monoisotopic (exact) mass is 257 g/mol. The highest BCUT2D eigenvalue weighted by molar-refractivity contribution is 5.78. The van der Waals surface area contributed by atoms with E-state index in [2.05, 4.69) is 5.32 Å². The second-order valence-electron chi connectivity index (χ2n) is 6.16. The minimum atomic E-state index is -0.849. The van der Waals surface area contributed by atoms with Crippen molar-refractivity contribution in [3.05, 3.63) is 0 Å². The average molecular weight is 257 g/mol. The van der Waals surface area contributed by atoms with Crippen LogP contribution in [0.2, 0.25) is 0 Å². The number of carbonyl (C=O) groups excluding carboxylic acids is 1. The van der Waals surface area contributed by atoms with Crippen LogP contribution in [0.15, 0.2) is 0 Å². The third kappa shape index (κ3) is 4.25. The van der Waals surface area contributed by atoms with Crippen LogP contribution in [0.5, 0.6) is 0 Å². The van der Waals surface area contributed by atoms with Gasteiger partial charge in [-0.2, -0.15) is 0 Å². The van der Waals surface area contributed by atoms with Crippen molar-refractivity contribution in [2.45, 2.75) is 65.3 Å². The second kappa shape index (κ2) is 6.02. The van der Waals surface area contributed by atoms with E-state index in [4.69, 9.17) is 4.74 Å². The van der Waals surface area contributed by atoms with Gasteiger partial charge in [0.2, 0.25) is 5.91 Å². The van der Waals surface area contributed by atoms with Crippen LogP contribution in [0.3, 0.4) is 0 Å². The minimum absolute atomic E-state index is 0.00622. The molecule has 1 fully saturated rings. The summed E-state index contributed by atoms with van der Waals surface area (Å²) in [5.74, 6) is 0.162. The van der Waals surface area contributed by atoms with Gasteiger partial charge in [0.25, 0.3) is 0 Å². The van der Waals surface area contributed by atoms with Gasteiger partial charge in [0, 0.05) is 12.5 Å². The Labute approximate surface area is 110 Å². The van der Waals surface area contributed by atoms with Crippen molar-refractivity contribution in [2.24, 2.45) is 11.8 Å². The molecule has 1 saturated heterocycles. The molecule has 0 bridgehead atoms. The Hall–Kier alpha value is -0.610. The maximum Gasteiger partial charge on any atom is 0.223 e. The van der Waals surface area contributed by atoms with Crippen LogP contribution in [0.1, 0.15) is 47.5 Å². The van der Waals surface area contributed by atoms with Crippen molar-refractivity contribution >= 4 is 5.91 Å². The lowest BCUT2D eigenvalue weighted by atomic mass is 9.90. The Morgan fingerprint density at radius 3 is 2.33 bits per heavy atom. The Morgan fingerprint density at radius 1 is 1.39 bits per heavy atom. The van der Waals surface area contributed by atoms with E-state index in [-0.39, 0.29) is 30.0 Å². The molecule has 2 N–H and O–H groups in total. The molecule has 4 heteroatoms. The molecule has 0 aromatic heterocycles. The lowest BCUT2D eigenvalue weighted by Gasteiger charge is -2.33. The summed E-state index contributed by atoms with van der Waals surface area (Å²) in [6.07, 6.45) is 1.80. The molecule has 1 rings (SSSR count). The molecular weight excluding hydrogens is 230 g/mol. The molecule has 0 aliphatic carbocycles. The number of aliphatic hydroxyl groups is 1. The van der Waals surface area contributed by atoms with Crippen LogP contribution in [0.25, 0.3) is 0 Å². The molecule has 18 heavy (non-hydrogen) atoms. The van der Waals surface area contributed by atoms with Gasteiger partial charge in [-0.3, -0.25) is 4.79 Å². The Kier molecular flexibility index (Phi) is 5.17.